The Morgan fingerprint density at radius 2 is 0.803 bits per heavy atom. The van der Waals surface area contributed by atoms with Crippen LogP contribution in [0.15, 0.2) is 179 Å². The molecule has 0 N–H and O–H groups in total. The van der Waals surface area contributed by atoms with E-state index in [1.54, 1.807) is 48.5 Å². The quantitative estimate of drug-likeness (QED) is 0.123. The Hall–Kier alpha value is -8.74. The highest BCUT2D eigenvalue weighted by Crippen LogP contribution is 2.44. The minimum absolute atomic E-state index is 0.431. The van der Waals surface area contributed by atoms with Crippen molar-refractivity contribution in [3.8, 4) is 6.07 Å². The minimum Gasteiger partial charge on any atom is -0.452 e. The lowest BCUT2D eigenvalue weighted by molar-refractivity contribution is -0.138. The molecule has 0 fully saturated rings. The van der Waals surface area contributed by atoms with Crippen LogP contribution in [0.25, 0.3) is 70.3 Å². The number of alkyl halides is 6. The van der Waals surface area contributed by atoms with Crippen molar-refractivity contribution in [1.29, 1.82) is 5.26 Å². The van der Waals surface area contributed by atoms with Crippen molar-refractivity contribution in [2.75, 3.05) is 9.80 Å². The van der Waals surface area contributed by atoms with Crippen molar-refractivity contribution in [2.45, 2.75) is 12.4 Å². The molecule has 0 aliphatic heterocycles. The summed E-state index contributed by atoms with van der Waals surface area (Å²) in [6.07, 6.45) is -8.99. The summed E-state index contributed by atoms with van der Waals surface area (Å²) in [7, 11) is 0. The highest BCUT2D eigenvalue weighted by molar-refractivity contribution is 6.21. The lowest BCUT2D eigenvalue weighted by Crippen LogP contribution is -2.11. The standard InChI is InChI=1S/C54H28F6N4O2/c1-62-38-10-20-42(21-11-38)64(41-18-8-37(9-19-41)54(58,59)60)44-15-5-33-27-48-46-23-22-45-47-26-32-4-14-43(24-34(32)28-49(47)65-51(45)52(46)66-50(48)29-35(33)25-44)63(39-12-2-31(30-61)3-13-39)40-16-6-36(7-17-40)53(55,56)57/h2-29H. The Labute approximate surface area is 370 Å². The molecule has 0 bridgehead atoms. The summed E-state index contributed by atoms with van der Waals surface area (Å²) in [4.78, 5) is 7.14. The van der Waals surface area contributed by atoms with Crippen LogP contribution in [-0.4, -0.2) is 0 Å². The molecule has 2 heterocycles. The summed E-state index contributed by atoms with van der Waals surface area (Å²) in [5, 5.41) is 16.3. The lowest BCUT2D eigenvalue weighted by atomic mass is 10.0. The van der Waals surface area contributed by atoms with Crippen molar-refractivity contribution < 1.29 is 35.2 Å². The van der Waals surface area contributed by atoms with Gasteiger partial charge in [0.05, 0.1) is 29.3 Å². The van der Waals surface area contributed by atoms with E-state index >= 15 is 0 Å². The number of anilines is 6. The van der Waals surface area contributed by atoms with Gasteiger partial charge in [0.15, 0.2) is 16.9 Å². The van der Waals surface area contributed by atoms with Crippen molar-refractivity contribution in [3.63, 3.8) is 0 Å². The molecular weight excluding hydrogens is 851 g/mol. The summed E-state index contributed by atoms with van der Waals surface area (Å²) >= 11 is 0. The van der Waals surface area contributed by atoms with Gasteiger partial charge < -0.3 is 18.6 Å². The van der Waals surface area contributed by atoms with Crippen LogP contribution < -0.4 is 9.80 Å². The molecule has 11 aromatic rings. The molecule has 0 aliphatic carbocycles. The number of nitriles is 1. The van der Waals surface area contributed by atoms with E-state index in [2.05, 4.69) is 10.9 Å². The van der Waals surface area contributed by atoms with Crippen LogP contribution in [0.3, 0.4) is 0 Å². The molecule has 0 spiro atoms. The summed E-state index contributed by atoms with van der Waals surface area (Å²) < 4.78 is 94.3. The van der Waals surface area contributed by atoms with Crippen molar-refractivity contribution in [3.05, 3.63) is 198 Å². The first-order valence-electron chi connectivity index (χ1n) is 20.4. The molecule has 2 aromatic heterocycles. The largest absolute Gasteiger partial charge is 0.452 e. The maximum absolute atomic E-state index is 13.5. The van der Waals surface area contributed by atoms with Crippen LogP contribution in [0, 0.1) is 17.9 Å². The molecule has 66 heavy (non-hydrogen) atoms. The molecule has 9 aromatic carbocycles. The maximum Gasteiger partial charge on any atom is 0.416 e. The second kappa shape index (κ2) is 14.9. The normalized spacial score (nSPS) is 12.1. The van der Waals surface area contributed by atoms with E-state index in [1.807, 2.05) is 82.6 Å². The molecule has 0 saturated carbocycles. The van der Waals surface area contributed by atoms with Crippen molar-refractivity contribution in [1.82, 2.24) is 0 Å². The Balaban J connectivity index is 1.000. The van der Waals surface area contributed by atoms with Crippen LogP contribution in [0.4, 0.5) is 66.2 Å². The van der Waals surface area contributed by atoms with E-state index < -0.39 is 23.5 Å². The summed E-state index contributed by atoms with van der Waals surface area (Å²) in [6.45, 7) is 7.39. The number of nitrogens with zero attached hydrogens (tertiary/aromatic N) is 4. The molecular formula is C54H28F6N4O2. The molecule has 0 radical (unpaired) electrons. The number of fused-ring (bicyclic) bond motifs is 9. The molecule has 0 saturated heterocycles. The van der Waals surface area contributed by atoms with Crippen LogP contribution >= 0.6 is 0 Å². The van der Waals surface area contributed by atoms with E-state index in [-0.39, 0.29) is 0 Å². The number of hydrogen-bond acceptors (Lipinski definition) is 5. The maximum atomic E-state index is 13.5. The summed E-state index contributed by atoms with van der Waals surface area (Å²) in [6, 6.07) is 49.2. The zero-order valence-corrected chi connectivity index (χ0v) is 34.0. The van der Waals surface area contributed by atoms with Crippen LogP contribution in [0.1, 0.15) is 16.7 Å². The van der Waals surface area contributed by atoms with E-state index in [1.165, 1.54) is 24.3 Å². The van der Waals surface area contributed by atoms with Gasteiger partial charge in [-0.25, -0.2) is 4.85 Å². The fraction of sp³-hybridized carbons (Fsp3) is 0.0370. The highest BCUT2D eigenvalue weighted by Gasteiger charge is 2.31. The van der Waals surface area contributed by atoms with E-state index in [4.69, 9.17) is 15.4 Å². The van der Waals surface area contributed by atoms with Crippen LogP contribution in [0.2, 0.25) is 0 Å². The van der Waals surface area contributed by atoms with Gasteiger partial charge in [-0.1, -0.05) is 24.3 Å². The Bertz CT molecular complexity index is 3550. The van der Waals surface area contributed by atoms with E-state index in [0.717, 1.165) is 67.4 Å². The molecule has 0 unspecified atom stereocenters. The second-order valence-corrected chi connectivity index (χ2v) is 15.8. The molecule has 6 nitrogen and oxygen atoms in total. The predicted octanol–water partition coefficient (Wildman–Crippen LogP) is 17.2. The van der Waals surface area contributed by atoms with Gasteiger partial charge in [-0.15, -0.1) is 0 Å². The van der Waals surface area contributed by atoms with Gasteiger partial charge >= 0.3 is 12.4 Å². The van der Waals surface area contributed by atoms with Crippen LogP contribution in [-0.2, 0) is 12.4 Å². The predicted molar refractivity (Wildman–Crippen MR) is 246 cm³/mol. The lowest BCUT2D eigenvalue weighted by Gasteiger charge is -2.26. The first-order chi connectivity index (χ1) is 31.8. The zero-order valence-electron chi connectivity index (χ0n) is 34.0. The third kappa shape index (κ3) is 6.84. The van der Waals surface area contributed by atoms with Gasteiger partial charge in [-0.2, -0.15) is 31.6 Å². The average molecular weight is 879 g/mol. The first kappa shape index (κ1) is 40.1. The fourth-order valence-electron chi connectivity index (χ4n) is 8.66. The van der Waals surface area contributed by atoms with Gasteiger partial charge in [0.25, 0.3) is 0 Å². The summed E-state index contributed by atoms with van der Waals surface area (Å²) in [5.41, 5.74) is 5.33. The molecule has 0 amide bonds. The average Bonchev–Trinajstić information content (AvgIpc) is 3.87. The third-order valence-electron chi connectivity index (χ3n) is 11.9. The molecule has 11 rings (SSSR count). The van der Waals surface area contributed by atoms with Crippen molar-refractivity contribution >= 4 is 105 Å². The van der Waals surface area contributed by atoms with E-state index in [0.29, 0.717) is 67.7 Å². The number of halogens is 6. The van der Waals surface area contributed by atoms with Crippen molar-refractivity contribution in [2.24, 2.45) is 0 Å². The van der Waals surface area contributed by atoms with E-state index in [9.17, 15) is 31.6 Å². The molecule has 0 aliphatic rings. The zero-order chi connectivity index (χ0) is 45.5. The number of benzene rings is 9. The molecule has 0 atom stereocenters. The Kier molecular flexibility index (Phi) is 9.06. The van der Waals surface area contributed by atoms with Gasteiger partial charge in [-0.05, 0) is 167 Å². The first-order valence-corrected chi connectivity index (χ1v) is 20.4. The monoisotopic (exact) mass is 878 g/mol. The Morgan fingerprint density at radius 3 is 1.18 bits per heavy atom. The van der Waals surface area contributed by atoms with Gasteiger partial charge in [0, 0.05) is 55.7 Å². The highest BCUT2D eigenvalue weighted by atomic mass is 19.4. The number of rotatable bonds is 6. The van der Waals surface area contributed by atoms with Gasteiger partial charge in [0.2, 0.25) is 0 Å². The molecule has 12 heteroatoms. The molecule has 318 valence electrons. The van der Waals surface area contributed by atoms with Crippen LogP contribution in [0.5, 0.6) is 0 Å². The summed E-state index contributed by atoms with van der Waals surface area (Å²) in [5.74, 6) is 0. The third-order valence-corrected chi connectivity index (χ3v) is 11.9. The topological polar surface area (TPSA) is 60.9 Å². The Morgan fingerprint density at radius 1 is 0.424 bits per heavy atom. The van der Waals surface area contributed by atoms with Gasteiger partial charge in [-0.3, -0.25) is 0 Å². The second-order valence-electron chi connectivity index (χ2n) is 15.8. The number of furan rings is 2. The van der Waals surface area contributed by atoms with Gasteiger partial charge in [0.1, 0.15) is 11.2 Å². The SMILES string of the molecule is [C-]#[N+]c1ccc(N(c2ccc(C(F)(F)F)cc2)c2ccc3cc4c(cc3c2)oc2c4ccc3c4cc5ccc(N(c6ccc(C#N)cc6)c6ccc(C(F)(F)F)cc6)cc5cc4oc32)cc1. The smallest absolute Gasteiger partial charge is 0.416 e. The minimum atomic E-state index is -4.49. The fourth-order valence-corrected chi connectivity index (χ4v) is 8.66. The number of hydrogen-bond donors (Lipinski definition) is 0.